The van der Waals surface area contributed by atoms with Crippen LogP contribution < -0.4 is 5.32 Å². The molecule has 0 atom stereocenters. The standard InChI is InChI=1S/C28H36N6O2/c35-27(29-20-28(14-4-5-15-28)34-16-6-1-7-17-34)33-18-12-22(13-19-33)26-31-25(32-36-26)24-11-10-21-8-2-3-9-23(21)30-24/h2-3,8-11,22H,1,4-7,12-20H2,(H,29,35). The van der Waals surface area contributed by atoms with Gasteiger partial charge in [-0.2, -0.15) is 4.98 Å². The number of aromatic nitrogens is 3. The summed E-state index contributed by atoms with van der Waals surface area (Å²) in [6, 6.07) is 12.1. The number of nitrogens with zero attached hydrogens (tertiary/aromatic N) is 5. The molecule has 0 bridgehead atoms. The SMILES string of the molecule is O=C(NCC1(N2CCCCC2)CCCC1)N1CCC(c2nc(-c3ccc4ccccc4n3)no2)CC1. The van der Waals surface area contributed by atoms with Crippen molar-refractivity contribution in [1.82, 2.24) is 30.2 Å². The molecule has 3 aromatic rings. The zero-order valence-electron chi connectivity index (χ0n) is 21.0. The molecular formula is C28H36N6O2. The van der Waals surface area contributed by atoms with Gasteiger partial charge in [0.2, 0.25) is 11.7 Å². The molecule has 36 heavy (non-hydrogen) atoms. The van der Waals surface area contributed by atoms with E-state index in [1.807, 2.05) is 41.3 Å². The van der Waals surface area contributed by atoms with Crippen LogP contribution in [0.2, 0.25) is 0 Å². The lowest BCUT2D eigenvalue weighted by molar-refractivity contribution is 0.0695. The van der Waals surface area contributed by atoms with Crippen molar-refractivity contribution in [2.75, 3.05) is 32.7 Å². The fourth-order valence-electron chi connectivity index (χ4n) is 6.38. The summed E-state index contributed by atoms with van der Waals surface area (Å²) in [5.41, 5.74) is 1.81. The lowest BCUT2D eigenvalue weighted by atomic mass is 9.92. The van der Waals surface area contributed by atoms with Crippen molar-refractivity contribution in [3.05, 3.63) is 42.3 Å². The fourth-order valence-corrected chi connectivity index (χ4v) is 6.38. The first-order valence-electron chi connectivity index (χ1n) is 13.7. The van der Waals surface area contributed by atoms with Crippen LogP contribution in [0.4, 0.5) is 4.79 Å². The van der Waals surface area contributed by atoms with Crippen molar-refractivity contribution in [3.8, 4) is 11.5 Å². The molecule has 2 saturated heterocycles. The van der Waals surface area contributed by atoms with Crippen LogP contribution in [-0.2, 0) is 0 Å². The Hall–Kier alpha value is -3.00. The number of para-hydroxylation sites is 1. The highest BCUT2D eigenvalue weighted by molar-refractivity contribution is 5.80. The van der Waals surface area contributed by atoms with Gasteiger partial charge < -0.3 is 14.7 Å². The molecule has 2 amide bonds. The highest BCUT2D eigenvalue weighted by Crippen LogP contribution is 2.37. The summed E-state index contributed by atoms with van der Waals surface area (Å²) in [6.07, 6.45) is 10.6. The number of carbonyl (C=O) groups is 1. The van der Waals surface area contributed by atoms with E-state index in [2.05, 4.69) is 25.3 Å². The van der Waals surface area contributed by atoms with Gasteiger partial charge in [0, 0.05) is 36.5 Å². The highest BCUT2D eigenvalue weighted by atomic mass is 16.5. The molecule has 2 aliphatic heterocycles. The molecule has 4 heterocycles. The zero-order valence-corrected chi connectivity index (χ0v) is 21.0. The molecule has 3 fully saturated rings. The summed E-state index contributed by atoms with van der Waals surface area (Å²) in [6.45, 7) is 4.56. The van der Waals surface area contributed by atoms with E-state index in [1.54, 1.807) is 0 Å². The second-order valence-corrected chi connectivity index (χ2v) is 10.7. The molecule has 1 saturated carbocycles. The van der Waals surface area contributed by atoms with Crippen LogP contribution in [0.15, 0.2) is 40.9 Å². The lowest BCUT2D eigenvalue weighted by Gasteiger charge is -2.44. The normalized spacial score (nSPS) is 21.2. The first-order valence-corrected chi connectivity index (χ1v) is 13.7. The number of hydrogen-bond acceptors (Lipinski definition) is 6. The second kappa shape index (κ2) is 10.2. The van der Waals surface area contributed by atoms with Gasteiger partial charge in [-0.05, 0) is 63.7 Å². The van der Waals surface area contributed by atoms with E-state index in [9.17, 15) is 4.79 Å². The number of urea groups is 1. The molecule has 1 N–H and O–H groups in total. The fraction of sp³-hybridized carbons (Fsp3) is 0.571. The van der Waals surface area contributed by atoms with Crippen LogP contribution in [-0.4, -0.2) is 69.2 Å². The van der Waals surface area contributed by atoms with Crippen molar-refractivity contribution in [1.29, 1.82) is 0 Å². The molecule has 1 aromatic carbocycles. The van der Waals surface area contributed by atoms with Gasteiger partial charge in [-0.25, -0.2) is 9.78 Å². The van der Waals surface area contributed by atoms with Gasteiger partial charge in [0.1, 0.15) is 5.69 Å². The van der Waals surface area contributed by atoms with E-state index in [-0.39, 0.29) is 17.5 Å². The van der Waals surface area contributed by atoms with Crippen LogP contribution >= 0.6 is 0 Å². The first-order chi connectivity index (χ1) is 17.7. The molecule has 190 valence electrons. The summed E-state index contributed by atoms with van der Waals surface area (Å²) in [4.78, 5) is 27.0. The average molecular weight is 489 g/mol. The molecule has 0 unspecified atom stereocenters. The quantitative estimate of drug-likeness (QED) is 0.545. The van der Waals surface area contributed by atoms with Gasteiger partial charge >= 0.3 is 6.03 Å². The maximum Gasteiger partial charge on any atom is 0.317 e. The third kappa shape index (κ3) is 4.71. The third-order valence-corrected chi connectivity index (χ3v) is 8.53. The van der Waals surface area contributed by atoms with E-state index >= 15 is 0 Å². The van der Waals surface area contributed by atoms with Gasteiger partial charge in [-0.3, -0.25) is 4.90 Å². The van der Waals surface area contributed by atoms with Crippen molar-refractivity contribution < 1.29 is 9.32 Å². The van der Waals surface area contributed by atoms with E-state index in [0.717, 1.165) is 36.0 Å². The lowest BCUT2D eigenvalue weighted by Crippen LogP contribution is -2.57. The van der Waals surface area contributed by atoms with Crippen molar-refractivity contribution >= 4 is 16.9 Å². The number of nitrogens with one attached hydrogen (secondary N) is 1. The third-order valence-electron chi connectivity index (χ3n) is 8.53. The Kier molecular flexibility index (Phi) is 6.61. The molecule has 6 rings (SSSR count). The van der Waals surface area contributed by atoms with Crippen LogP contribution in [0, 0.1) is 0 Å². The Morgan fingerprint density at radius 3 is 2.53 bits per heavy atom. The number of amides is 2. The van der Waals surface area contributed by atoms with Gasteiger partial charge in [-0.15, -0.1) is 0 Å². The summed E-state index contributed by atoms with van der Waals surface area (Å²) in [7, 11) is 0. The molecule has 0 radical (unpaired) electrons. The number of piperidine rings is 2. The van der Waals surface area contributed by atoms with Crippen LogP contribution in [0.3, 0.4) is 0 Å². The molecule has 8 nitrogen and oxygen atoms in total. The Bertz CT molecular complexity index is 1190. The predicted molar refractivity (Wildman–Crippen MR) is 139 cm³/mol. The summed E-state index contributed by atoms with van der Waals surface area (Å²) >= 11 is 0. The predicted octanol–water partition coefficient (Wildman–Crippen LogP) is 4.97. The number of fused-ring (bicyclic) bond motifs is 1. The van der Waals surface area contributed by atoms with Crippen LogP contribution in [0.5, 0.6) is 0 Å². The van der Waals surface area contributed by atoms with Crippen LogP contribution in [0.25, 0.3) is 22.4 Å². The minimum absolute atomic E-state index is 0.0725. The maximum atomic E-state index is 13.1. The number of benzene rings is 1. The second-order valence-electron chi connectivity index (χ2n) is 10.7. The Balaban J connectivity index is 1.04. The van der Waals surface area contributed by atoms with Gasteiger partial charge in [-0.1, -0.05) is 48.7 Å². The number of hydrogen-bond donors (Lipinski definition) is 1. The van der Waals surface area contributed by atoms with E-state index in [4.69, 9.17) is 4.52 Å². The monoisotopic (exact) mass is 488 g/mol. The van der Waals surface area contributed by atoms with Gasteiger partial charge in [0.05, 0.1) is 5.52 Å². The maximum absolute atomic E-state index is 13.1. The Morgan fingerprint density at radius 1 is 0.944 bits per heavy atom. The Labute approximate surface area is 212 Å². The van der Waals surface area contributed by atoms with Crippen molar-refractivity contribution in [2.24, 2.45) is 0 Å². The molecule has 3 aliphatic rings. The van der Waals surface area contributed by atoms with Gasteiger partial charge in [0.15, 0.2) is 0 Å². The van der Waals surface area contributed by atoms with Gasteiger partial charge in [0.25, 0.3) is 0 Å². The summed E-state index contributed by atoms with van der Waals surface area (Å²) in [5.74, 6) is 1.34. The topological polar surface area (TPSA) is 87.4 Å². The average Bonchev–Trinajstić information content (AvgIpc) is 3.63. The van der Waals surface area contributed by atoms with Crippen LogP contribution in [0.1, 0.15) is 69.6 Å². The molecule has 8 heteroatoms. The summed E-state index contributed by atoms with van der Waals surface area (Å²) < 4.78 is 5.64. The zero-order chi connectivity index (χ0) is 24.4. The Morgan fingerprint density at radius 2 is 1.72 bits per heavy atom. The molecule has 1 aliphatic carbocycles. The van der Waals surface area contributed by atoms with Crippen molar-refractivity contribution in [3.63, 3.8) is 0 Å². The summed E-state index contributed by atoms with van der Waals surface area (Å²) in [5, 5.41) is 8.60. The van der Waals surface area contributed by atoms with E-state index in [1.165, 1.54) is 58.0 Å². The highest BCUT2D eigenvalue weighted by Gasteiger charge is 2.40. The minimum atomic E-state index is 0.0725. The molecule has 0 spiro atoms. The number of likely N-dealkylation sites (tertiary alicyclic amines) is 2. The largest absolute Gasteiger partial charge is 0.339 e. The number of carbonyl (C=O) groups excluding carboxylic acids is 1. The minimum Gasteiger partial charge on any atom is -0.339 e. The van der Waals surface area contributed by atoms with Crippen molar-refractivity contribution in [2.45, 2.75) is 69.2 Å². The number of rotatable bonds is 5. The van der Waals surface area contributed by atoms with E-state index < -0.39 is 0 Å². The molecular weight excluding hydrogens is 452 g/mol. The number of pyridine rings is 1. The smallest absolute Gasteiger partial charge is 0.317 e. The van der Waals surface area contributed by atoms with E-state index in [0.29, 0.717) is 24.8 Å². The molecule has 2 aromatic heterocycles. The first kappa shape index (κ1) is 23.4.